The Balaban J connectivity index is 1.17. The molecule has 10 heteroatoms. The summed E-state index contributed by atoms with van der Waals surface area (Å²) in [7, 11) is 0. The van der Waals surface area contributed by atoms with Crippen LogP contribution < -0.4 is 0 Å². The van der Waals surface area contributed by atoms with Crippen LogP contribution in [0, 0.1) is 34.1 Å². The summed E-state index contributed by atoms with van der Waals surface area (Å²) in [6.07, 6.45) is 4.43. The largest absolute Gasteiger partial charge is 0.380 e. The Bertz CT molecular complexity index is 1560. The first-order valence-electron chi connectivity index (χ1n) is 15.1. The molecule has 3 aromatic rings. The molecule has 44 heavy (non-hydrogen) atoms. The average Bonchev–Trinajstić information content (AvgIpc) is 3.40. The summed E-state index contributed by atoms with van der Waals surface area (Å²) in [5.41, 5.74) is -0.980. The van der Waals surface area contributed by atoms with E-state index in [1.54, 1.807) is 13.8 Å². The van der Waals surface area contributed by atoms with E-state index in [0.717, 1.165) is 57.1 Å². The number of carbonyl (C=O) groups excluding carboxylic acids is 2. The Hall–Kier alpha value is -3.37. The Kier molecular flexibility index (Phi) is 8.03. The van der Waals surface area contributed by atoms with E-state index >= 15 is 0 Å². The predicted molar refractivity (Wildman–Crippen MR) is 154 cm³/mol. The minimum Gasteiger partial charge on any atom is -0.380 e. The third kappa shape index (κ3) is 6.11. The molecule has 0 amide bonds. The van der Waals surface area contributed by atoms with Crippen molar-refractivity contribution in [1.82, 2.24) is 10.1 Å². The fourth-order valence-corrected chi connectivity index (χ4v) is 7.38. The number of carbonyl (C=O) groups is 2. The molecule has 6 nitrogen and oxygen atoms in total. The number of aromatic nitrogens is 1. The molecular weight excluding hydrogens is 576 g/mol. The molecule has 3 aliphatic rings. The summed E-state index contributed by atoms with van der Waals surface area (Å²) in [6.45, 7) is 6.25. The van der Waals surface area contributed by atoms with Gasteiger partial charge in [-0.1, -0.05) is 25.1 Å². The Morgan fingerprint density at radius 3 is 2.20 bits per heavy atom. The van der Waals surface area contributed by atoms with Crippen LogP contribution in [0.15, 0.2) is 47.0 Å². The van der Waals surface area contributed by atoms with Crippen LogP contribution in [0.25, 0.3) is 11.3 Å². The van der Waals surface area contributed by atoms with Crippen molar-refractivity contribution in [3.63, 3.8) is 0 Å². The monoisotopic (exact) mass is 612 g/mol. The van der Waals surface area contributed by atoms with E-state index in [4.69, 9.17) is 9.26 Å². The van der Waals surface area contributed by atoms with Gasteiger partial charge in [-0.15, -0.1) is 0 Å². The Labute approximate surface area is 253 Å². The Morgan fingerprint density at radius 1 is 0.932 bits per heavy atom. The lowest BCUT2D eigenvalue weighted by atomic mass is 9.66. The van der Waals surface area contributed by atoms with Gasteiger partial charge < -0.3 is 9.26 Å². The molecule has 0 bridgehead atoms. The van der Waals surface area contributed by atoms with E-state index in [0.29, 0.717) is 24.5 Å². The average molecular weight is 613 g/mol. The molecule has 0 unspecified atom stereocenters. The second-order valence-electron chi connectivity index (χ2n) is 13.8. The molecule has 1 aromatic heterocycles. The summed E-state index contributed by atoms with van der Waals surface area (Å²) in [6, 6.07) is 8.12. The molecule has 1 aliphatic carbocycles. The third-order valence-electron chi connectivity index (χ3n) is 9.83. The minimum absolute atomic E-state index is 0.00500. The summed E-state index contributed by atoms with van der Waals surface area (Å²) in [5, 5.41) is 3.87. The second-order valence-corrected chi connectivity index (χ2v) is 13.8. The quantitative estimate of drug-likeness (QED) is 0.180. The van der Waals surface area contributed by atoms with Crippen molar-refractivity contribution in [2.45, 2.75) is 70.3 Å². The molecular formula is C34H36F4N2O4. The number of nitrogens with zero attached hydrogens (tertiary/aromatic N) is 2. The normalized spacial score (nSPS) is 19.9. The molecule has 1 spiro atoms. The summed E-state index contributed by atoms with van der Waals surface area (Å²) < 4.78 is 66.5. The lowest BCUT2D eigenvalue weighted by molar-refractivity contribution is -0.149. The number of hydrogen-bond donors (Lipinski definition) is 0. The van der Waals surface area contributed by atoms with E-state index in [1.807, 2.05) is 0 Å². The van der Waals surface area contributed by atoms with E-state index in [-0.39, 0.29) is 53.4 Å². The summed E-state index contributed by atoms with van der Waals surface area (Å²) in [5.74, 6) is -3.40. The molecule has 2 aliphatic heterocycles. The van der Waals surface area contributed by atoms with Gasteiger partial charge in [0.15, 0.2) is 11.5 Å². The lowest BCUT2D eigenvalue weighted by Gasteiger charge is -2.56. The molecule has 1 saturated carbocycles. The number of ketones is 2. The van der Waals surface area contributed by atoms with Crippen LogP contribution in [-0.2, 0) is 14.9 Å². The topological polar surface area (TPSA) is 72.6 Å². The molecule has 2 aromatic carbocycles. The van der Waals surface area contributed by atoms with Gasteiger partial charge in [-0.05, 0) is 54.9 Å². The summed E-state index contributed by atoms with van der Waals surface area (Å²) >= 11 is 0. The number of ether oxygens (including phenoxy) is 1. The van der Waals surface area contributed by atoms with Crippen molar-refractivity contribution >= 4 is 11.6 Å². The maximum absolute atomic E-state index is 14.6. The minimum atomic E-state index is -0.883. The maximum atomic E-state index is 14.6. The van der Waals surface area contributed by atoms with Crippen LogP contribution in [0.5, 0.6) is 0 Å². The maximum Gasteiger partial charge on any atom is 0.185 e. The predicted octanol–water partition coefficient (Wildman–Crippen LogP) is 7.06. The second kappa shape index (κ2) is 11.5. The van der Waals surface area contributed by atoms with Crippen LogP contribution in [0.2, 0.25) is 0 Å². The third-order valence-corrected chi connectivity index (χ3v) is 9.83. The summed E-state index contributed by atoms with van der Waals surface area (Å²) in [4.78, 5) is 29.4. The zero-order chi connectivity index (χ0) is 31.3. The highest BCUT2D eigenvalue weighted by atomic mass is 19.1. The molecule has 2 saturated heterocycles. The molecule has 0 N–H and O–H groups in total. The highest BCUT2D eigenvalue weighted by Gasteiger charge is 2.51. The number of hydrogen-bond acceptors (Lipinski definition) is 6. The van der Waals surface area contributed by atoms with Crippen molar-refractivity contribution in [2.75, 3.05) is 26.3 Å². The zero-order valence-electron chi connectivity index (χ0n) is 24.9. The first kappa shape index (κ1) is 30.6. The van der Waals surface area contributed by atoms with E-state index in [9.17, 15) is 27.2 Å². The van der Waals surface area contributed by atoms with Crippen LogP contribution in [-0.4, -0.2) is 54.0 Å². The number of Topliss-reactive ketones (excluding diaryl/α,β-unsaturated/α-hetero) is 2. The van der Waals surface area contributed by atoms with E-state index < -0.39 is 34.1 Å². The van der Waals surface area contributed by atoms with E-state index in [1.165, 1.54) is 24.3 Å². The van der Waals surface area contributed by atoms with Gasteiger partial charge in [-0.2, -0.15) is 0 Å². The highest BCUT2D eigenvalue weighted by Crippen LogP contribution is 2.48. The van der Waals surface area contributed by atoms with Gasteiger partial charge in [-0.25, -0.2) is 17.6 Å². The fraction of sp³-hybridized carbons (Fsp3) is 0.500. The SMILES string of the molecule is CC(C)(CC(=O)CC1(CC(=O)c2cc(-c3ccc(F)cc3F)on2)CN(C2CCC3(CC2)COC3)C1)c1ccc(F)cc1F. The van der Waals surface area contributed by atoms with Gasteiger partial charge in [0.2, 0.25) is 0 Å². The Morgan fingerprint density at radius 2 is 1.59 bits per heavy atom. The number of halogens is 4. The molecule has 6 rings (SSSR count). The first-order chi connectivity index (χ1) is 20.9. The van der Waals surface area contributed by atoms with Crippen molar-refractivity contribution < 1.29 is 36.4 Å². The zero-order valence-corrected chi connectivity index (χ0v) is 24.9. The molecule has 0 radical (unpaired) electrons. The molecule has 3 heterocycles. The lowest BCUT2D eigenvalue weighted by Crippen LogP contribution is -2.62. The first-order valence-corrected chi connectivity index (χ1v) is 15.1. The van der Waals surface area contributed by atoms with Gasteiger partial charge in [0.1, 0.15) is 34.7 Å². The number of benzene rings is 2. The van der Waals surface area contributed by atoms with Gasteiger partial charge >= 0.3 is 0 Å². The van der Waals surface area contributed by atoms with Crippen LogP contribution in [0.4, 0.5) is 17.6 Å². The van der Waals surface area contributed by atoms with Crippen molar-refractivity contribution in [3.8, 4) is 11.3 Å². The van der Waals surface area contributed by atoms with Gasteiger partial charge in [0, 0.05) is 67.4 Å². The van der Waals surface area contributed by atoms with Crippen LogP contribution >= 0.6 is 0 Å². The number of likely N-dealkylation sites (tertiary alicyclic amines) is 1. The molecule has 234 valence electrons. The van der Waals surface area contributed by atoms with Gasteiger partial charge in [0.25, 0.3) is 0 Å². The fourth-order valence-electron chi connectivity index (χ4n) is 7.38. The smallest absolute Gasteiger partial charge is 0.185 e. The van der Waals surface area contributed by atoms with Crippen molar-refractivity contribution in [2.24, 2.45) is 10.8 Å². The van der Waals surface area contributed by atoms with Crippen molar-refractivity contribution in [3.05, 3.63) is 77.0 Å². The molecule has 3 fully saturated rings. The highest BCUT2D eigenvalue weighted by molar-refractivity contribution is 5.96. The van der Waals surface area contributed by atoms with E-state index in [2.05, 4.69) is 10.1 Å². The standard InChI is InChI=1S/C34H36F4N2O4/c1-32(2,26-6-4-22(36)12-28(26)38)14-24(41)15-34(17-40(18-34)23-7-9-33(10-8-23)19-43-20-33)16-30(42)29-13-31(44-39-29)25-5-3-21(35)11-27(25)37/h3-6,11-13,23H,7-10,14-20H2,1-2H3. The van der Waals surface area contributed by atoms with Gasteiger partial charge in [0.05, 0.1) is 18.8 Å². The van der Waals surface area contributed by atoms with Gasteiger partial charge in [-0.3, -0.25) is 14.5 Å². The van der Waals surface area contributed by atoms with Crippen molar-refractivity contribution in [1.29, 1.82) is 0 Å². The number of rotatable bonds is 10. The van der Waals surface area contributed by atoms with Crippen LogP contribution in [0.3, 0.4) is 0 Å². The molecule has 0 atom stereocenters. The van der Waals surface area contributed by atoms with Crippen LogP contribution in [0.1, 0.15) is 74.8 Å².